The minimum atomic E-state index is -1.24. The Kier molecular flexibility index (Phi) is 7.20. The molecule has 0 aliphatic carbocycles. The second kappa shape index (κ2) is 8.88. The predicted octanol–water partition coefficient (Wildman–Crippen LogP) is 0.776. The van der Waals surface area contributed by atoms with Crippen molar-refractivity contribution in [1.29, 1.82) is 0 Å². The number of nitrogens with two attached hydrogens (primary N) is 1. The van der Waals surface area contributed by atoms with Crippen molar-refractivity contribution in [3.05, 3.63) is 58.9 Å². The average Bonchev–Trinajstić information content (AvgIpc) is 2.50. The fourth-order valence-corrected chi connectivity index (χ4v) is 1.94. The maximum Gasteiger partial charge on any atom is 0.254 e. The van der Waals surface area contributed by atoms with Gasteiger partial charge in [0, 0.05) is 11.1 Å². The molecule has 0 aliphatic heterocycles. The van der Waals surface area contributed by atoms with Gasteiger partial charge in [0.2, 0.25) is 0 Å². The van der Waals surface area contributed by atoms with Crippen molar-refractivity contribution in [2.24, 2.45) is 12.8 Å². The van der Waals surface area contributed by atoms with E-state index in [1.165, 1.54) is 6.92 Å². The summed E-state index contributed by atoms with van der Waals surface area (Å²) in [6.07, 6.45) is 2.56. The van der Waals surface area contributed by atoms with Gasteiger partial charge in [0.25, 0.3) is 5.91 Å². The number of pyridine rings is 1. The van der Waals surface area contributed by atoms with E-state index < -0.39 is 18.0 Å². The van der Waals surface area contributed by atoms with Crippen molar-refractivity contribution in [3.63, 3.8) is 0 Å². The van der Waals surface area contributed by atoms with Gasteiger partial charge in [0.15, 0.2) is 12.4 Å². The number of carboxylic acid groups (broad SMARTS) is 1. The number of halogens is 1. The molecule has 2 aromatic rings. The third-order valence-corrected chi connectivity index (χ3v) is 3.23. The number of aryl methyl sites for hydroxylation is 2. The second-order valence-corrected chi connectivity index (χ2v) is 5.55. The summed E-state index contributed by atoms with van der Waals surface area (Å²) in [5.41, 5.74) is 6.36. The number of ether oxygens (including phenoxy) is 1. The summed E-state index contributed by atoms with van der Waals surface area (Å²) in [7, 11) is 1.84. The molecule has 1 aromatic carbocycles. The van der Waals surface area contributed by atoms with E-state index in [4.69, 9.17) is 22.1 Å². The predicted molar refractivity (Wildman–Crippen MR) is 87.4 cm³/mol. The maximum absolute atomic E-state index is 10.6. The molecule has 0 radical (unpaired) electrons. The molecule has 7 heteroatoms. The van der Waals surface area contributed by atoms with E-state index >= 15 is 0 Å². The zero-order chi connectivity index (χ0) is 18.3. The lowest BCUT2D eigenvalue weighted by molar-refractivity contribution is -0.671. The maximum atomic E-state index is 10.6. The van der Waals surface area contributed by atoms with Crippen LogP contribution in [0.25, 0.3) is 0 Å². The van der Waals surface area contributed by atoms with Crippen molar-refractivity contribution in [3.8, 4) is 5.75 Å². The number of carbonyl (C=O) groups excluding carboxylic acids is 2. The zero-order valence-electron chi connectivity index (χ0n) is 13.7. The lowest BCUT2D eigenvalue weighted by atomic mass is 10.2. The van der Waals surface area contributed by atoms with Crippen molar-refractivity contribution >= 4 is 23.5 Å². The van der Waals surface area contributed by atoms with Gasteiger partial charge < -0.3 is 20.4 Å². The first-order chi connectivity index (χ1) is 11.2. The fourth-order valence-electron chi connectivity index (χ4n) is 1.72. The highest BCUT2D eigenvalue weighted by atomic mass is 35.5. The molecule has 2 N–H and O–H groups in total. The minimum Gasteiger partial charge on any atom is -0.546 e. The molecule has 6 nitrogen and oxygen atoms in total. The Bertz CT molecular complexity index is 734. The molecule has 24 heavy (non-hydrogen) atoms. The number of rotatable bonds is 4. The fraction of sp³-hybridized carbons (Fsp3) is 0.235. The molecule has 1 heterocycles. The van der Waals surface area contributed by atoms with E-state index in [0.29, 0.717) is 16.3 Å². The van der Waals surface area contributed by atoms with E-state index in [-0.39, 0.29) is 0 Å². The number of carboxylic acids is 1. The van der Waals surface area contributed by atoms with Crippen LogP contribution in [0.15, 0.2) is 42.7 Å². The third kappa shape index (κ3) is 6.26. The van der Waals surface area contributed by atoms with Gasteiger partial charge in [-0.25, -0.2) is 4.57 Å². The molecule has 2 rings (SSSR count). The van der Waals surface area contributed by atoms with Crippen LogP contribution < -0.4 is 20.1 Å². The minimum absolute atomic E-state index is 0.392. The summed E-state index contributed by atoms with van der Waals surface area (Å²) in [5, 5.41) is 11.0. The van der Waals surface area contributed by atoms with Crippen LogP contribution in [0.1, 0.15) is 22.8 Å². The van der Waals surface area contributed by atoms with Crippen LogP contribution in [0.4, 0.5) is 0 Å². The quantitative estimate of drug-likeness (QED) is 0.824. The molecule has 1 amide bonds. The Labute approximate surface area is 145 Å². The SMILES string of the molecule is C[n+]1cccc(C(N)=O)c1.Cc1cc(Cl)ccc1O[C@H](C)C(=O)[O-]. The first kappa shape index (κ1) is 19.4. The highest BCUT2D eigenvalue weighted by molar-refractivity contribution is 6.30. The molecule has 128 valence electrons. The summed E-state index contributed by atoms with van der Waals surface area (Å²) in [5.74, 6) is -1.12. The highest BCUT2D eigenvalue weighted by Crippen LogP contribution is 2.22. The Morgan fingerprint density at radius 1 is 1.33 bits per heavy atom. The Morgan fingerprint density at radius 3 is 2.46 bits per heavy atom. The number of nitrogens with zero attached hydrogens (tertiary/aromatic N) is 1. The van der Waals surface area contributed by atoms with Crippen molar-refractivity contribution in [2.45, 2.75) is 20.0 Å². The summed E-state index contributed by atoms with van der Waals surface area (Å²) >= 11 is 5.73. The van der Waals surface area contributed by atoms with E-state index in [9.17, 15) is 14.7 Å². The first-order valence-corrected chi connectivity index (χ1v) is 7.47. The molecule has 0 bridgehead atoms. The number of hydrogen-bond donors (Lipinski definition) is 1. The number of hydrogen-bond acceptors (Lipinski definition) is 4. The molecule has 1 atom stereocenters. The van der Waals surface area contributed by atoms with E-state index in [0.717, 1.165) is 5.56 Å². The topological polar surface area (TPSA) is 96.3 Å². The van der Waals surface area contributed by atoms with Gasteiger partial charge in [0.1, 0.15) is 24.5 Å². The van der Waals surface area contributed by atoms with E-state index in [1.54, 1.807) is 48.0 Å². The Hall–Kier alpha value is -2.60. The van der Waals surface area contributed by atoms with Crippen LogP contribution in [-0.2, 0) is 11.8 Å². The number of carbonyl (C=O) groups is 2. The second-order valence-electron chi connectivity index (χ2n) is 5.11. The van der Waals surface area contributed by atoms with Crippen LogP contribution in [0.5, 0.6) is 5.75 Å². The lowest BCUT2D eigenvalue weighted by Gasteiger charge is -2.16. The normalized spacial score (nSPS) is 11.0. The number of primary amides is 1. The van der Waals surface area contributed by atoms with E-state index in [2.05, 4.69) is 0 Å². The molecule has 0 unspecified atom stereocenters. The highest BCUT2D eigenvalue weighted by Gasteiger charge is 2.07. The van der Waals surface area contributed by atoms with Crippen molar-refractivity contribution < 1.29 is 24.0 Å². The van der Waals surface area contributed by atoms with Gasteiger partial charge in [-0.2, -0.15) is 0 Å². The number of benzene rings is 1. The molecule has 0 aliphatic rings. The van der Waals surface area contributed by atoms with Gasteiger partial charge in [-0.3, -0.25) is 4.79 Å². The third-order valence-electron chi connectivity index (χ3n) is 3.00. The van der Waals surface area contributed by atoms with Crippen LogP contribution >= 0.6 is 11.6 Å². The lowest BCUT2D eigenvalue weighted by Crippen LogP contribution is -2.37. The number of amides is 1. The summed E-state index contributed by atoms with van der Waals surface area (Å²) in [4.78, 5) is 21.0. The summed E-state index contributed by atoms with van der Waals surface area (Å²) < 4.78 is 6.92. The van der Waals surface area contributed by atoms with Gasteiger partial charge in [-0.15, -0.1) is 0 Å². The van der Waals surface area contributed by atoms with Gasteiger partial charge >= 0.3 is 0 Å². The molecular formula is C17H19ClN2O4. The monoisotopic (exact) mass is 350 g/mol. The van der Waals surface area contributed by atoms with Crippen molar-refractivity contribution in [1.82, 2.24) is 0 Å². The molecule has 0 saturated carbocycles. The number of aliphatic carboxylic acids is 1. The first-order valence-electron chi connectivity index (χ1n) is 7.09. The summed E-state index contributed by atoms with van der Waals surface area (Å²) in [6, 6.07) is 8.45. The van der Waals surface area contributed by atoms with Crippen LogP contribution in [0.3, 0.4) is 0 Å². The van der Waals surface area contributed by atoms with Crippen molar-refractivity contribution in [2.75, 3.05) is 0 Å². The van der Waals surface area contributed by atoms with Gasteiger partial charge in [0.05, 0.1) is 5.97 Å². The zero-order valence-corrected chi connectivity index (χ0v) is 14.4. The van der Waals surface area contributed by atoms with Crippen LogP contribution in [0, 0.1) is 6.92 Å². The average molecular weight is 351 g/mol. The molecule has 0 saturated heterocycles. The molecular weight excluding hydrogens is 332 g/mol. The smallest absolute Gasteiger partial charge is 0.254 e. The Morgan fingerprint density at radius 2 is 2.00 bits per heavy atom. The summed E-state index contributed by atoms with van der Waals surface area (Å²) in [6.45, 7) is 3.21. The van der Waals surface area contributed by atoms with Gasteiger partial charge in [-0.05, 0) is 43.7 Å². The molecule has 0 fully saturated rings. The largest absolute Gasteiger partial charge is 0.546 e. The van der Waals surface area contributed by atoms with Crippen LogP contribution in [-0.4, -0.2) is 18.0 Å². The molecule has 0 spiro atoms. The standard InChI is InChI=1S/C10H11ClO3.C7H8N2O/c1-6-5-8(11)3-4-9(6)14-7(2)10(12)13;1-9-4-2-3-6(5-9)7(8)10/h3-5,7H,1-2H3,(H,12,13);2-5H,1H3,(H-,8,10)/t7-;/m1./s1. The number of aromatic nitrogens is 1. The van der Waals surface area contributed by atoms with Crippen LogP contribution in [0.2, 0.25) is 5.02 Å². The Balaban J connectivity index is 0.000000254. The van der Waals surface area contributed by atoms with Gasteiger partial charge in [-0.1, -0.05) is 11.6 Å². The molecule has 1 aromatic heterocycles. The van der Waals surface area contributed by atoms with E-state index in [1.807, 2.05) is 13.2 Å².